The van der Waals surface area contributed by atoms with Crippen LogP contribution in [0.25, 0.3) is 0 Å². The lowest BCUT2D eigenvalue weighted by Gasteiger charge is -2.13. The smallest absolute Gasteiger partial charge is 0.261 e. The first-order valence-corrected chi connectivity index (χ1v) is 7.85. The summed E-state index contributed by atoms with van der Waals surface area (Å²) >= 11 is 0. The van der Waals surface area contributed by atoms with E-state index in [1.54, 1.807) is 18.2 Å². The number of hydrogen-bond acceptors (Lipinski definition) is 4. The van der Waals surface area contributed by atoms with Gasteiger partial charge in [-0.2, -0.15) is 0 Å². The average Bonchev–Trinajstić information content (AvgIpc) is 2.44. The molecule has 21 heavy (non-hydrogen) atoms. The van der Waals surface area contributed by atoms with E-state index in [-0.39, 0.29) is 4.90 Å². The van der Waals surface area contributed by atoms with Crippen LogP contribution in [0.15, 0.2) is 41.3 Å². The third-order valence-corrected chi connectivity index (χ3v) is 4.61. The fraction of sp³-hybridized carbons (Fsp3) is 0.200. The molecule has 112 valence electrons. The Bertz CT molecular complexity index is 753. The van der Waals surface area contributed by atoms with Gasteiger partial charge in [-0.15, -0.1) is 0 Å². The summed E-state index contributed by atoms with van der Waals surface area (Å²) in [7, 11) is -2.12. The second-order valence-corrected chi connectivity index (χ2v) is 6.49. The van der Waals surface area contributed by atoms with Crippen LogP contribution in [0.5, 0.6) is 5.75 Å². The molecule has 0 amide bonds. The molecule has 5 nitrogen and oxygen atoms in total. The van der Waals surface area contributed by atoms with E-state index >= 15 is 0 Å². The summed E-state index contributed by atoms with van der Waals surface area (Å²) in [5.74, 6) is 0.602. The van der Waals surface area contributed by atoms with E-state index in [1.165, 1.54) is 19.2 Å². The lowest BCUT2D eigenvalue weighted by Crippen LogP contribution is -2.14. The number of nitrogens with one attached hydrogen (secondary N) is 1. The van der Waals surface area contributed by atoms with E-state index < -0.39 is 10.0 Å². The predicted molar refractivity (Wildman–Crippen MR) is 84.1 cm³/mol. The molecule has 0 fully saturated rings. The van der Waals surface area contributed by atoms with E-state index in [2.05, 4.69) is 4.72 Å². The maximum Gasteiger partial charge on any atom is 0.261 e. The van der Waals surface area contributed by atoms with Gasteiger partial charge in [0, 0.05) is 5.69 Å². The number of ether oxygens (including phenoxy) is 1. The molecular formula is C15H18N2O3S. The first-order valence-electron chi connectivity index (χ1n) is 6.37. The molecule has 2 aromatic carbocycles. The molecule has 0 aromatic heterocycles. The van der Waals surface area contributed by atoms with Crippen molar-refractivity contribution < 1.29 is 13.2 Å². The third kappa shape index (κ3) is 3.28. The SMILES string of the molecule is COc1ccc(S(=O)(=O)Nc2cc(N)c(C)cc2C)cc1. The van der Waals surface area contributed by atoms with Crippen molar-refractivity contribution in [2.45, 2.75) is 18.7 Å². The number of hydrogen-bond donors (Lipinski definition) is 2. The van der Waals surface area contributed by atoms with Gasteiger partial charge in [-0.05, 0) is 55.3 Å². The number of aryl methyl sites for hydroxylation is 2. The van der Waals surface area contributed by atoms with Crippen molar-refractivity contribution in [1.82, 2.24) is 0 Å². The van der Waals surface area contributed by atoms with Gasteiger partial charge >= 0.3 is 0 Å². The zero-order valence-electron chi connectivity index (χ0n) is 12.2. The molecule has 2 rings (SSSR count). The summed E-state index contributed by atoms with van der Waals surface area (Å²) in [6.07, 6.45) is 0. The van der Waals surface area contributed by atoms with Crippen LogP contribution in [-0.4, -0.2) is 15.5 Å². The number of sulfonamides is 1. The van der Waals surface area contributed by atoms with Crippen molar-refractivity contribution in [1.29, 1.82) is 0 Å². The van der Waals surface area contributed by atoms with Crippen LogP contribution in [0.2, 0.25) is 0 Å². The van der Waals surface area contributed by atoms with Gasteiger partial charge in [0.05, 0.1) is 17.7 Å². The van der Waals surface area contributed by atoms with E-state index in [0.717, 1.165) is 11.1 Å². The quantitative estimate of drug-likeness (QED) is 0.851. The molecule has 0 atom stereocenters. The molecular weight excluding hydrogens is 288 g/mol. The van der Waals surface area contributed by atoms with E-state index in [4.69, 9.17) is 10.5 Å². The maximum atomic E-state index is 12.4. The fourth-order valence-electron chi connectivity index (χ4n) is 1.94. The van der Waals surface area contributed by atoms with Gasteiger partial charge in [-0.25, -0.2) is 8.42 Å². The van der Waals surface area contributed by atoms with Crippen molar-refractivity contribution in [3.8, 4) is 5.75 Å². The predicted octanol–water partition coefficient (Wildman–Crippen LogP) is 2.70. The van der Waals surface area contributed by atoms with Gasteiger partial charge in [-0.3, -0.25) is 4.72 Å². The Morgan fingerprint density at radius 2 is 1.67 bits per heavy atom. The summed E-state index contributed by atoms with van der Waals surface area (Å²) in [5, 5.41) is 0. The van der Waals surface area contributed by atoms with Crippen LogP contribution in [0, 0.1) is 13.8 Å². The van der Waals surface area contributed by atoms with E-state index in [9.17, 15) is 8.42 Å². The summed E-state index contributed by atoms with van der Waals surface area (Å²) in [4.78, 5) is 0.168. The summed E-state index contributed by atoms with van der Waals surface area (Å²) in [6, 6.07) is 9.67. The van der Waals surface area contributed by atoms with E-state index in [0.29, 0.717) is 17.1 Å². The maximum absolute atomic E-state index is 12.4. The molecule has 0 unspecified atom stereocenters. The number of anilines is 2. The molecule has 0 aliphatic carbocycles. The standard InChI is InChI=1S/C15H18N2O3S/c1-10-8-11(2)15(9-14(10)16)17-21(18,19)13-6-4-12(20-3)5-7-13/h4-9,17H,16H2,1-3H3. The number of nitrogens with two attached hydrogens (primary N) is 1. The minimum absolute atomic E-state index is 0.168. The van der Waals surface area contributed by atoms with E-state index in [1.807, 2.05) is 19.9 Å². The van der Waals surface area contributed by atoms with Crippen LogP contribution < -0.4 is 15.2 Å². The number of rotatable bonds is 4. The average molecular weight is 306 g/mol. The molecule has 0 spiro atoms. The highest BCUT2D eigenvalue weighted by Crippen LogP contribution is 2.25. The molecule has 0 saturated carbocycles. The molecule has 0 aliphatic heterocycles. The van der Waals surface area contributed by atoms with Gasteiger partial charge < -0.3 is 10.5 Å². The molecule has 0 heterocycles. The van der Waals surface area contributed by atoms with Crippen LogP contribution in [0.1, 0.15) is 11.1 Å². The molecule has 0 aliphatic rings. The van der Waals surface area contributed by atoms with Crippen LogP contribution in [-0.2, 0) is 10.0 Å². The highest BCUT2D eigenvalue weighted by atomic mass is 32.2. The van der Waals surface area contributed by atoms with Crippen molar-refractivity contribution in [2.75, 3.05) is 17.6 Å². The summed E-state index contributed by atoms with van der Waals surface area (Å²) in [5.41, 5.74) is 8.60. The Kier molecular flexibility index (Phi) is 4.09. The van der Waals surface area contributed by atoms with Crippen LogP contribution >= 0.6 is 0 Å². The number of methoxy groups -OCH3 is 1. The third-order valence-electron chi connectivity index (χ3n) is 3.23. The largest absolute Gasteiger partial charge is 0.497 e. The van der Waals surface area contributed by atoms with Crippen LogP contribution in [0.4, 0.5) is 11.4 Å². The number of benzene rings is 2. The first kappa shape index (κ1) is 15.2. The lowest BCUT2D eigenvalue weighted by molar-refractivity contribution is 0.414. The zero-order valence-corrected chi connectivity index (χ0v) is 13.0. The zero-order chi connectivity index (χ0) is 15.6. The van der Waals surface area contributed by atoms with Gasteiger partial charge in [0.2, 0.25) is 0 Å². The minimum atomic E-state index is -3.65. The Balaban J connectivity index is 2.34. The van der Waals surface area contributed by atoms with Gasteiger partial charge in [0.25, 0.3) is 10.0 Å². The second kappa shape index (κ2) is 5.65. The normalized spacial score (nSPS) is 11.2. The Labute approximate surface area is 124 Å². The van der Waals surface area contributed by atoms with Gasteiger partial charge in [-0.1, -0.05) is 6.07 Å². The van der Waals surface area contributed by atoms with Crippen LogP contribution in [0.3, 0.4) is 0 Å². The monoisotopic (exact) mass is 306 g/mol. The number of nitrogen functional groups attached to an aromatic ring is 1. The minimum Gasteiger partial charge on any atom is -0.497 e. The Morgan fingerprint density at radius 1 is 1.05 bits per heavy atom. The van der Waals surface area contributed by atoms with Crippen molar-refractivity contribution in [3.05, 3.63) is 47.5 Å². The molecule has 6 heteroatoms. The highest BCUT2D eigenvalue weighted by Gasteiger charge is 2.16. The van der Waals surface area contributed by atoms with Gasteiger partial charge in [0.15, 0.2) is 0 Å². The van der Waals surface area contributed by atoms with Crippen molar-refractivity contribution >= 4 is 21.4 Å². The van der Waals surface area contributed by atoms with Gasteiger partial charge in [0.1, 0.15) is 5.75 Å². The van der Waals surface area contributed by atoms with Crippen molar-refractivity contribution in [3.63, 3.8) is 0 Å². The fourth-order valence-corrected chi connectivity index (χ4v) is 3.06. The molecule has 0 radical (unpaired) electrons. The topological polar surface area (TPSA) is 81.4 Å². The molecule has 2 aromatic rings. The summed E-state index contributed by atoms with van der Waals surface area (Å²) in [6.45, 7) is 3.71. The first-order chi connectivity index (χ1) is 9.83. The van der Waals surface area contributed by atoms with Crippen molar-refractivity contribution in [2.24, 2.45) is 0 Å². The molecule has 3 N–H and O–H groups in total. The Morgan fingerprint density at radius 3 is 2.24 bits per heavy atom. The summed E-state index contributed by atoms with van der Waals surface area (Å²) < 4.78 is 32.3. The molecule has 0 bridgehead atoms. The second-order valence-electron chi connectivity index (χ2n) is 4.80. The molecule has 0 saturated heterocycles. The highest BCUT2D eigenvalue weighted by molar-refractivity contribution is 7.92. The lowest BCUT2D eigenvalue weighted by atomic mass is 10.1. The Hall–Kier alpha value is -2.21.